The lowest BCUT2D eigenvalue weighted by molar-refractivity contribution is 0.376. The fourth-order valence-electron chi connectivity index (χ4n) is 1.69. The molecule has 0 fully saturated rings. The van der Waals surface area contributed by atoms with E-state index in [1.54, 1.807) is 11.3 Å². The van der Waals surface area contributed by atoms with E-state index in [2.05, 4.69) is 20.8 Å². The third-order valence-corrected chi connectivity index (χ3v) is 3.75. The van der Waals surface area contributed by atoms with Crippen molar-refractivity contribution in [3.05, 3.63) is 53.7 Å². The van der Waals surface area contributed by atoms with Crippen LogP contribution in [0.2, 0.25) is 0 Å². The fraction of sp³-hybridized carbons (Fsp3) is 0.0714. The third-order valence-electron chi connectivity index (χ3n) is 2.64. The van der Waals surface area contributed by atoms with Crippen LogP contribution in [0.4, 0.5) is 5.69 Å². The summed E-state index contributed by atoms with van der Waals surface area (Å²) in [5, 5.41) is 12.5. The summed E-state index contributed by atoms with van der Waals surface area (Å²) < 4.78 is 5.18. The molecular formula is C14H12N4OS2. The number of anilines is 1. The molecule has 1 aromatic carbocycles. The summed E-state index contributed by atoms with van der Waals surface area (Å²) in [7, 11) is 0. The zero-order valence-corrected chi connectivity index (χ0v) is 12.6. The second kappa shape index (κ2) is 6.47. The smallest absolute Gasteiger partial charge is 0.246 e. The van der Waals surface area contributed by atoms with Crippen molar-refractivity contribution in [2.45, 2.75) is 6.54 Å². The first kappa shape index (κ1) is 13.7. The van der Waals surface area contributed by atoms with Gasteiger partial charge in [0.15, 0.2) is 5.11 Å². The van der Waals surface area contributed by atoms with Crippen molar-refractivity contribution in [1.82, 2.24) is 15.5 Å². The number of para-hydroxylation sites is 1. The first-order valence-corrected chi connectivity index (χ1v) is 7.56. The molecule has 0 aliphatic rings. The van der Waals surface area contributed by atoms with Crippen molar-refractivity contribution in [2.24, 2.45) is 0 Å². The topological polar surface area (TPSA) is 63.0 Å². The van der Waals surface area contributed by atoms with Gasteiger partial charge in [-0.25, -0.2) is 0 Å². The number of nitrogens with zero attached hydrogens (tertiary/aromatic N) is 2. The molecule has 5 nitrogen and oxygen atoms in total. The Balaban J connectivity index is 1.54. The average Bonchev–Trinajstić information content (AvgIpc) is 3.17. The van der Waals surface area contributed by atoms with Gasteiger partial charge in [-0.05, 0) is 35.8 Å². The molecule has 21 heavy (non-hydrogen) atoms. The van der Waals surface area contributed by atoms with Crippen LogP contribution in [-0.4, -0.2) is 15.3 Å². The zero-order chi connectivity index (χ0) is 14.5. The molecule has 0 saturated heterocycles. The van der Waals surface area contributed by atoms with Crippen LogP contribution in [0.3, 0.4) is 0 Å². The molecular weight excluding hydrogens is 304 g/mol. The second-order valence-electron chi connectivity index (χ2n) is 4.16. The lowest BCUT2D eigenvalue weighted by atomic mass is 10.3. The van der Waals surface area contributed by atoms with Gasteiger partial charge in [0.05, 0.1) is 11.4 Å². The Morgan fingerprint density at radius 3 is 2.81 bits per heavy atom. The predicted molar refractivity (Wildman–Crippen MR) is 87.1 cm³/mol. The van der Waals surface area contributed by atoms with Crippen LogP contribution < -0.4 is 10.6 Å². The lowest BCUT2D eigenvalue weighted by Gasteiger charge is -2.08. The molecule has 0 atom stereocenters. The van der Waals surface area contributed by atoms with Crippen LogP contribution >= 0.6 is 23.6 Å². The average molecular weight is 316 g/mol. The minimum absolute atomic E-state index is 0.386. The Morgan fingerprint density at radius 1 is 1.19 bits per heavy atom. The minimum Gasteiger partial charge on any atom is -0.353 e. The van der Waals surface area contributed by atoms with E-state index in [1.807, 2.05) is 47.8 Å². The first-order chi connectivity index (χ1) is 10.3. The van der Waals surface area contributed by atoms with Gasteiger partial charge in [0.2, 0.25) is 11.7 Å². The number of nitrogens with one attached hydrogen (secondary N) is 2. The monoisotopic (exact) mass is 316 g/mol. The Labute approximate surface area is 131 Å². The molecule has 3 aromatic rings. The molecule has 2 aromatic heterocycles. The van der Waals surface area contributed by atoms with E-state index in [1.165, 1.54) is 0 Å². The van der Waals surface area contributed by atoms with Crippen molar-refractivity contribution in [1.29, 1.82) is 0 Å². The summed E-state index contributed by atoms with van der Waals surface area (Å²) in [5.74, 6) is 1.10. The van der Waals surface area contributed by atoms with E-state index in [0.717, 1.165) is 10.6 Å². The van der Waals surface area contributed by atoms with E-state index in [9.17, 15) is 0 Å². The third kappa shape index (κ3) is 3.65. The van der Waals surface area contributed by atoms with Crippen molar-refractivity contribution in [3.8, 4) is 10.7 Å². The van der Waals surface area contributed by atoms with Gasteiger partial charge in [0.1, 0.15) is 0 Å². The van der Waals surface area contributed by atoms with Crippen LogP contribution in [0.5, 0.6) is 0 Å². The van der Waals surface area contributed by atoms with E-state index in [0.29, 0.717) is 23.4 Å². The molecule has 2 N–H and O–H groups in total. The van der Waals surface area contributed by atoms with Gasteiger partial charge in [-0.2, -0.15) is 4.98 Å². The highest BCUT2D eigenvalue weighted by Gasteiger charge is 2.09. The summed E-state index contributed by atoms with van der Waals surface area (Å²) in [4.78, 5) is 5.30. The van der Waals surface area contributed by atoms with Crippen molar-refractivity contribution in [3.63, 3.8) is 0 Å². The normalized spacial score (nSPS) is 10.3. The highest BCUT2D eigenvalue weighted by molar-refractivity contribution is 7.80. The lowest BCUT2D eigenvalue weighted by Crippen LogP contribution is -2.27. The molecule has 0 bridgehead atoms. The Morgan fingerprint density at radius 2 is 2.05 bits per heavy atom. The quantitative estimate of drug-likeness (QED) is 0.720. The minimum atomic E-state index is 0.386. The van der Waals surface area contributed by atoms with Crippen molar-refractivity contribution >= 4 is 34.4 Å². The Kier molecular flexibility index (Phi) is 4.23. The van der Waals surface area contributed by atoms with Gasteiger partial charge in [0, 0.05) is 5.69 Å². The number of thiocarbonyl (C=S) groups is 1. The number of aromatic nitrogens is 2. The van der Waals surface area contributed by atoms with Crippen molar-refractivity contribution < 1.29 is 4.52 Å². The maximum atomic E-state index is 5.21. The van der Waals surface area contributed by atoms with Gasteiger partial charge in [-0.1, -0.05) is 29.4 Å². The summed E-state index contributed by atoms with van der Waals surface area (Å²) in [6.45, 7) is 0.386. The molecule has 0 spiro atoms. The first-order valence-electron chi connectivity index (χ1n) is 6.27. The molecule has 3 rings (SSSR count). The largest absolute Gasteiger partial charge is 0.353 e. The molecule has 0 aliphatic carbocycles. The molecule has 0 saturated carbocycles. The number of hydrogen-bond donors (Lipinski definition) is 2. The summed E-state index contributed by atoms with van der Waals surface area (Å²) in [6.07, 6.45) is 0. The standard InChI is InChI=1S/C14H12N4OS2/c20-14(16-10-5-2-1-3-6-10)15-9-12-17-13(18-19-12)11-7-4-8-21-11/h1-8H,9H2,(H2,15,16,20). The molecule has 106 valence electrons. The molecule has 7 heteroatoms. The predicted octanol–water partition coefficient (Wildman–Crippen LogP) is 3.28. The SMILES string of the molecule is S=C(NCc1nc(-c2cccs2)no1)Nc1ccccc1. The molecule has 0 amide bonds. The maximum absolute atomic E-state index is 5.21. The van der Waals surface area contributed by atoms with Crippen LogP contribution in [0.25, 0.3) is 10.7 Å². The van der Waals surface area contributed by atoms with E-state index in [-0.39, 0.29) is 0 Å². The fourth-order valence-corrected chi connectivity index (χ4v) is 2.52. The van der Waals surface area contributed by atoms with Crippen LogP contribution in [-0.2, 0) is 6.54 Å². The second-order valence-corrected chi connectivity index (χ2v) is 5.52. The molecule has 2 heterocycles. The maximum Gasteiger partial charge on any atom is 0.246 e. The molecule has 0 radical (unpaired) electrons. The summed E-state index contributed by atoms with van der Waals surface area (Å²) >= 11 is 6.78. The van der Waals surface area contributed by atoms with Gasteiger partial charge in [0.25, 0.3) is 0 Å². The van der Waals surface area contributed by atoms with E-state index in [4.69, 9.17) is 16.7 Å². The van der Waals surface area contributed by atoms with Crippen molar-refractivity contribution in [2.75, 3.05) is 5.32 Å². The van der Waals surface area contributed by atoms with Gasteiger partial charge in [-0.15, -0.1) is 11.3 Å². The zero-order valence-electron chi connectivity index (χ0n) is 10.9. The Hall–Kier alpha value is -2.25. The number of rotatable bonds is 4. The van der Waals surface area contributed by atoms with Gasteiger partial charge >= 0.3 is 0 Å². The summed E-state index contributed by atoms with van der Waals surface area (Å²) in [5.41, 5.74) is 0.930. The number of thiophene rings is 1. The van der Waals surface area contributed by atoms with E-state index < -0.39 is 0 Å². The molecule has 0 aliphatic heterocycles. The highest BCUT2D eigenvalue weighted by Crippen LogP contribution is 2.21. The molecule has 0 unspecified atom stereocenters. The highest BCUT2D eigenvalue weighted by atomic mass is 32.1. The van der Waals surface area contributed by atoms with E-state index >= 15 is 0 Å². The number of hydrogen-bond acceptors (Lipinski definition) is 5. The Bertz CT molecular complexity index is 710. The van der Waals surface area contributed by atoms with Crippen LogP contribution in [0, 0.1) is 0 Å². The van der Waals surface area contributed by atoms with Gasteiger partial charge < -0.3 is 15.2 Å². The number of benzene rings is 1. The van der Waals surface area contributed by atoms with Crippen LogP contribution in [0.15, 0.2) is 52.4 Å². The van der Waals surface area contributed by atoms with Gasteiger partial charge in [-0.3, -0.25) is 0 Å². The summed E-state index contributed by atoms with van der Waals surface area (Å²) in [6, 6.07) is 13.6. The van der Waals surface area contributed by atoms with Crippen LogP contribution in [0.1, 0.15) is 5.89 Å².